The fraction of sp³-hybridized carbons (Fsp3) is 0. The first-order valence-corrected chi connectivity index (χ1v) is 2.27. The van der Waals surface area contributed by atoms with Gasteiger partial charge in [-0.05, 0) is 0 Å². The minimum absolute atomic E-state index is 0. The summed E-state index contributed by atoms with van der Waals surface area (Å²) >= 11 is 5.75. The van der Waals surface area contributed by atoms with Crippen LogP contribution in [0.4, 0.5) is 0 Å². The first-order chi connectivity index (χ1) is 1.00. The molecular formula is HFeLiMnNi. The molecule has 0 aromatic carbocycles. The van der Waals surface area contributed by atoms with Crippen molar-refractivity contribution in [2.45, 2.75) is 0 Å². The van der Waals surface area contributed by atoms with Gasteiger partial charge in [-0.3, -0.25) is 0 Å². The molecule has 0 aliphatic heterocycles. The van der Waals surface area contributed by atoms with Gasteiger partial charge in [0.2, 0.25) is 0 Å². The van der Waals surface area contributed by atoms with E-state index in [2.05, 4.69) is 28.4 Å². The number of hydrogen-bond acceptors (Lipinski definition) is 0. The second-order valence-corrected chi connectivity index (χ2v) is 0. The zero-order valence-corrected chi connectivity index (χ0v) is 4.32. The summed E-state index contributed by atoms with van der Waals surface area (Å²) < 4.78 is 0. The van der Waals surface area contributed by atoms with Gasteiger partial charge in [0.15, 0.2) is 0 Å². The average molecular weight is 177 g/mol. The van der Waals surface area contributed by atoms with E-state index < -0.39 is 0 Å². The maximum Gasteiger partial charge on any atom is 0 e. The zero-order valence-electron chi connectivity index (χ0n) is 1.05. The van der Waals surface area contributed by atoms with Crippen molar-refractivity contribution >= 4 is 18.9 Å². The standard InChI is InChI=1S/Fe.Li.Mn.Ni.H. The Balaban J connectivity index is -0.00000000500. The molecule has 0 saturated carbocycles. The molecule has 0 spiro atoms. The first-order valence-electron chi connectivity index (χ1n) is 0.134. The molecule has 4 heteroatoms. The van der Waals surface area contributed by atoms with E-state index >= 15 is 0 Å². The molecule has 4 heavy (non-hydrogen) atoms. The molecule has 0 saturated heterocycles. The topological polar surface area (TPSA) is 0 Å². The summed E-state index contributed by atoms with van der Waals surface area (Å²) in [4.78, 5) is 0. The molecule has 0 rings (SSSR count). The van der Waals surface area contributed by atoms with Gasteiger partial charge < -0.3 is 0 Å². The molecular weight excluding hydrogens is 176 g/mol. The molecule has 0 aliphatic rings. The van der Waals surface area contributed by atoms with Crippen molar-refractivity contribution in [1.29, 1.82) is 0 Å². The maximum atomic E-state index is 3.06. The predicted molar refractivity (Wildman–Crippen MR) is 7.15 cm³/mol. The molecule has 27 valence electrons. The minimum atomic E-state index is 0. The molecule has 0 aromatic heterocycles. The number of hydrogen-bond donors (Lipinski definition) is 0. The predicted octanol–water partition coefficient (Wildman–Crippen LogP) is -0.656. The molecule has 0 aliphatic carbocycles. The van der Waals surface area contributed by atoms with Gasteiger partial charge in [-0.15, -0.1) is 0 Å². The van der Waals surface area contributed by atoms with Crippen LogP contribution in [0.2, 0.25) is 0 Å². The van der Waals surface area contributed by atoms with Crippen molar-refractivity contribution in [3.8, 4) is 0 Å². The number of rotatable bonds is 0. The molecule has 0 atom stereocenters. The van der Waals surface area contributed by atoms with Gasteiger partial charge in [0, 0.05) is 16.5 Å². The summed E-state index contributed by atoms with van der Waals surface area (Å²) in [6, 6.07) is 0. The molecule has 0 fully saturated rings. The van der Waals surface area contributed by atoms with Gasteiger partial charge in [-0.1, -0.05) is 0 Å². The smallest absolute Gasteiger partial charge is 0 e. The molecule has 0 radical (unpaired) electrons. The molecule has 0 nitrogen and oxygen atoms in total. The molecule has 0 bridgehead atoms. The SMILES string of the molecule is [LiH].[Mn][Fe].[Ni]. The monoisotopic (exact) mass is 177 g/mol. The van der Waals surface area contributed by atoms with E-state index in [9.17, 15) is 0 Å². The van der Waals surface area contributed by atoms with Crippen LogP contribution >= 0.6 is 0 Å². The minimum Gasteiger partial charge on any atom is 0 e. The van der Waals surface area contributed by atoms with Crippen LogP contribution in [0.25, 0.3) is 0 Å². The summed E-state index contributed by atoms with van der Waals surface area (Å²) in [5.74, 6) is 0. The molecule has 0 aromatic rings. The van der Waals surface area contributed by atoms with Crippen LogP contribution in [-0.2, 0) is 44.9 Å². The third-order valence-electron chi connectivity index (χ3n) is 0. The van der Waals surface area contributed by atoms with Crippen molar-refractivity contribution in [1.82, 2.24) is 0 Å². The van der Waals surface area contributed by atoms with Gasteiger partial charge in [0.25, 0.3) is 0 Å². The van der Waals surface area contributed by atoms with Gasteiger partial charge >= 0.3 is 47.2 Å². The van der Waals surface area contributed by atoms with Crippen molar-refractivity contribution in [2.75, 3.05) is 0 Å². The Morgan fingerprint density at radius 3 is 1.25 bits per heavy atom. The maximum absolute atomic E-state index is 3.06. The molecule has 0 N–H and O–H groups in total. The Morgan fingerprint density at radius 1 is 1.25 bits per heavy atom. The van der Waals surface area contributed by atoms with E-state index in [1.807, 2.05) is 0 Å². The van der Waals surface area contributed by atoms with Crippen molar-refractivity contribution in [3.05, 3.63) is 0 Å². The van der Waals surface area contributed by atoms with Crippen LogP contribution < -0.4 is 0 Å². The summed E-state index contributed by atoms with van der Waals surface area (Å²) in [6.07, 6.45) is 0. The van der Waals surface area contributed by atoms with E-state index in [1.165, 1.54) is 0 Å². The van der Waals surface area contributed by atoms with Crippen LogP contribution in [0.1, 0.15) is 0 Å². The Kier molecular flexibility index (Phi) is 79.4. The Labute approximate surface area is 63.1 Å². The van der Waals surface area contributed by atoms with Crippen molar-refractivity contribution in [2.24, 2.45) is 0 Å². The van der Waals surface area contributed by atoms with E-state index in [0.717, 1.165) is 0 Å². The third kappa shape index (κ3) is 8.92. The second-order valence-electron chi connectivity index (χ2n) is 0. The first kappa shape index (κ1) is 16.5. The van der Waals surface area contributed by atoms with Crippen molar-refractivity contribution in [3.63, 3.8) is 0 Å². The Bertz CT molecular complexity index is 8.00. The van der Waals surface area contributed by atoms with Gasteiger partial charge in [-0.25, -0.2) is 0 Å². The largest absolute Gasteiger partial charge is 0 e. The normalized spacial score (nSPS) is 1.50. The van der Waals surface area contributed by atoms with Crippen molar-refractivity contribution < 1.29 is 44.9 Å². The van der Waals surface area contributed by atoms with Crippen LogP contribution in [0.3, 0.4) is 0 Å². The fourth-order valence-corrected chi connectivity index (χ4v) is 0. The molecule has 0 unspecified atom stereocenters. The van der Waals surface area contributed by atoms with Crippen LogP contribution in [0, 0.1) is 0 Å². The van der Waals surface area contributed by atoms with E-state index in [-0.39, 0.29) is 35.4 Å². The van der Waals surface area contributed by atoms with Gasteiger partial charge in [-0.2, -0.15) is 0 Å². The van der Waals surface area contributed by atoms with Gasteiger partial charge in [0.05, 0.1) is 0 Å². The molecule has 0 amide bonds. The Morgan fingerprint density at radius 2 is 1.25 bits per heavy atom. The summed E-state index contributed by atoms with van der Waals surface area (Å²) in [5, 5.41) is 0. The molecule has 0 heterocycles. The Hall–Kier alpha value is 2.13. The van der Waals surface area contributed by atoms with E-state index in [0.29, 0.717) is 0 Å². The van der Waals surface area contributed by atoms with Crippen LogP contribution in [0.5, 0.6) is 0 Å². The summed E-state index contributed by atoms with van der Waals surface area (Å²) in [6.45, 7) is 0. The van der Waals surface area contributed by atoms with Crippen LogP contribution in [0.15, 0.2) is 0 Å². The third-order valence-corrected chi connectivity index (χ3v) is 0. The van der Waals surface area contributed by atoms with E-state index in [1.54, 1.807) is 0 Å². The second kappa shape index (κ2) is 19.3. The summed E-state index contributed by atoms with van der Waals surface area (Å²) in [7, 11) is 0. The zero-order chi connectivity index (χ0) is 2.00. The quantitative estimate of drug-likeness (QED) is 0.431. The van der Waals surface area contributed by atoms with Crippen LogP contribution in [-0.4, -0.2) is 18.9 Å². The fourth-order valence-electron chi connectivity index (χ4n) is 0. The van der Waals surface area contributed by atoms with E-state index in [4.69, 9.17) is 0 Å². The van der Waals surface area contributed by atoms with Gasteiger partial charge in [0.1, 0.15) is 0 Å². The summed E-state index contributed by atoms with van der Waals surface area (Å²) in [5.41, 5.74) is 0. The average Bonchev–Trinajstić information content (AvgIpc) is 1.00.